The van der Waals surface area contributed by atoms with Crippen molar-refractivity contribution < 1.29 is 32.6 Å². The lowest BCUT2D eigenvalue weighted by atomic mass is 10.1. The van der Waals surface area contributed by atoms with E-state index in [0.717, 1.165) is 0 Å². The van der Waals surface area contributed by atoms with Crippen LogP contribution in [0.5, 0.6) is 5.75 Å². The Balaban J connectivity index is 2.90. The van der Waals surface area contributed by atoms with Gasteiger partial charge in [0.1, 0.15) is 5.60 Å². The van der Waals surface area contributed by atoms with Gasteiger partial charge in [-0.25, -0.2) is 9.59 Å². The van der Waals surface area contributed by atoms with Crippen molar-refractivity contribution >= 4 is 47.3 Å². The normalized spacial score (nSPS) is 11.8. The molecular formula is C15H17F2IO5S. The highest BCUT2D eigenvalue weighted by atomic mass is 127. The van der Waals surface area contributed by atoms with E-state index in [-0.39, 0.29) is 11.3 Å². The van der Waals surface area contributed by atoms with Gasteiger partial charge in [-0.2, -0.15) is 8.78 Å². The van der Waals surface area contributed by atoms with Crippen molar-refractivity contribution in [3.8, 4) is 5.75 Å². The highest BCUT2D eigenvalue weighted by Gasteiger charge is 2.26. The summed E-state index contributed by atoms with van der Waals surface area (Å²) in [6, 6.07) is 2.74. The van der Waals surface area contributed by atoms with Crippen molar-refractivity contribution in [2.45, 2.75) is 38.6 Å². The van der Waals surface area contributed by atoms with Crippen LogP contribution in [0.25, 0.3) is 0 Å². The first-order valence-electron chi connectivity index (χ1n) is 6.77. The summed E-state index contributed by atoms with van der Waals surface area (Å²) in [7, 11) is 0. The van der Waals surface area contributed by atoms with Gasteiger partial charge in [0.25, 0.3) is 0 Å². The predicted octanol–water partition coefficient (Wildman–Crippen LogP) is 4.59. The molecule has 0 radical (unpaired) electrons. The molecule has 0 bridgehead atoms. The van der Waals surface area contributed by atoms with Crippen molar-refractivity contribution in [1.82, 2.24) is 0 Å². The summed E-state index contributed by atoms with van der Waals surface area (Å²) in [6.45, 7) is 5.56. The fourth-order valence-corrected chi connectivity index (χ4v) is 2.50. The number of hydrogen-bond donors (Lipinski definition) is 1. The molecule has 24 heavy (non-hydrogen) atoms. The maximum Gasteiger partial charge on any atom is 0.514 e. The minimum Gasteiger partial charge on any atom is -0.455 e. The average Bonchev–Trinajstić information content (AvgIpc) is 2.37. The second-order valence-electron chi connectivity index (χ2n) is 5.91. The Morgan fingerprint density at radius 1 is 1.25 bits per heavy atom. The third kappa shape index (κ3) is 7.20. The fourth-order valence-electron chi connectivity index (χ4n) is 1.57. The van der Waals surface area contributed by atoms with Gasteiger partial charge in [-0.05, 0) is 68.0 Å². The second-order valence-corrected chi connectivity index (χ2v) is 7.73. The van der Waals surface area contributed by atoms with Crippen LogP contribution < -0.4 is 4.74 Å². The average molecular weight is 474 g/mol. The van der Waals surface area contributed by atoms with Gasteiger partial charge >= 0.3 is 17.4 Å². The first-order valence-corrected chi connectivity index (χ1v) is 8.29. The van der Waals surface area contributed by atoms with Crippen LogP contribution >= 0.6 is 35.2 Å². The lowest BCUT2D eigenvalue weighted by Crippen LogP contribution is -2.26. The van der Waals surface area contributed by atoms with Crippen LogP contribution in [-0.2, 0) is 9.47 Å². The number of benzene rings is 1. The van der Waals surface area contributed by atoms with E-state index in [0.29, 0.717) is 9.13 Å². The zero-order valence-corrected chi connectivity index (χ0v) is 16.5. The number of carbonyl (C=O) groups is 2. The number of hydrogen-bond acceptors (Lipinski definition) is 6. The van der Waals surface area contributed by atoms with E-state index in [2.05, 4.69) is 17.4 Å². The van der Waals surface area contributed by atoms with E-state index < -0.39 is 29.6 Å². The molecule has 0 aliphatic heterocycles. The topological polar surface area (TPSA) is 61.8 Å². The van der Waals surface area contributed by atoms with E-state index in [9.17, 15) is 18.4 Å². The summed E-state index contributed by atoms with van der Waals surface area (Å²) >= 11 is 4.84. The van der Waals surface area contributed by atoms with Gasteiger partial charge in [-0.15, -0.1) is 12.6 Å². The van der Waals surface area contributed by atoms with Crippen LogP contribution in [0.2, 0.25) is 0 Å². The van der Waals surface area contributed by atoms with Crippen LogP contribution in [0.1, 0.15) is 36.7 Å². The molecule has 134 valence electrons. The third-order valence-corrected chi connectivity index (χ3v) is 3.35. The Morgan fingerprint density at radius 2 is 1.83 bits per heavy atom. The molecule has 0 atom stereocenters. The molecule has 9 heteroatoms. The molecule has 0 heterocycles. The Kier molecular flexibility index (Phi) is 6.85. The van der Waals surface area contributed by atoms with Crippen molar-refractivity contribution in [3.05, 3.63) is 26.8 Å². The van der Waals surface area contributed by atoms with Gasteiger partial charge in [0.15, 0.2) is 12.4 Å². The van der Waals surface area contributed by atoms with Crippen molar-refractivity contribution in [1.29, 1.82) is 0 Å². The van der Waals surface area contributed by atoms with Crippen LogP contribution in [0.4, 0.5) is 13.6 Å². The molecule has 0 amide bonds. The van der Waals surface area contributed by atoms with Gasteiger partial charge in [0.2, 0.25) is 0 Å². The molecular weight excluding hydrogens is 457 g/mol. The molecule has 0 saturated carbocycles. The molecule has 0 fully saturated rings. The molecule has 0 N–H and O–H groups in total. The molecule has 0 aliphatic carbocycles. The zero-order chi connectivity index (χ0) is 18.7. The zero-order valence-electron chi connectivity index (χ0n) is 13.5. The maximum absolute atomic E-state index is 12.6. The van der Waals surface area contributed by atoms with Gasteiger partial charge in [0.05, 0.1) is 9.13 Å². The lowest BCUT2D eigenvalue weighted by molar-refractivity contribution is 0.00103. The number of ether oxygens (including phenoxy) is 3. The number of esters is 1. The van der Waals surface area contributed by atoms with Crippen LogP contribution in [0.15, 0.2) is 12.1 Å². The number of carbonyl (C=O) groups excluding carboxylic acids is 2. The summed E-state index contributed by atoms with van der Waals surface area (Å²) in [5, 5.41) is -3.41. The summed E-state index contributed by atoms with van der Waals surface area (Å²) < 4.78 is 40.4. The molecule has 0 unspecified atom stereocenters. The summed E-state index contributed by atoms with van der Waals surface area (Å²) in [5.41, 5.74) is -0.193. The van der Waals surface area contributed by atoms with Crippen molar-refractivity contribution in [3.63, 3.8) is 0 Å². The largest absolute Gasteiger partial charge is 0.514 e. The van der Waals surface area contributed by atoms with Crippen LogP contribution in [-0.4, -0.2) is 29.6 Å². The third-order valence-electron chi connectivity index (χ3n) is 2.42. The number of aryl methyl sites for hydroxylation is 1. The maximum atomic E-state index is 12.6. The van der Waals surface area contributed by atoms with Crippen molar-refractivity contribution in [2.75, 3.05) is 6.61 Å². The summed E-state index contributed by atoms with van der Waals surface area (Å²) in [4.78, 5) is 23.5. The Morgan fingerprint density at radius 3 is 2.29 bits per heavy atom. The number of thiol groups is 1. The molecule has 1 rings (SSSR count). The Labute approximate surface area is 157 Å². The Hall–Kier alpha value is -1.10. The van der Waals surface area contributed by atoms with E-state index in [1.807, 2.05) is 22.6 Å². The first-order chi connectivity index (χ1) is 10.8. The van der Waals surface area contributed by atoms with E-state index in [1.54, 1.807) is 27.7 Å². The molecule has 1 aromatic rings. The minimum absolute atomic E-state index is 0.0611. The highest BCUT2D eigenvalue weighted by molar-refractivity contribution is 14.1. The standard InChI is InChI=1S/C15H17F2IO5S/c1-8-5-9(12(19)21-7-15(16,17)24)6-10(18)11(8)22-13(20)23-14(2,3)4/h5-6,24H,7H2,1-4H3. The molecule has 1 aromatic carbocycles. The Bertz CT molecular complexity index is 615. The van der Waals surface area contributed by atoms with Crippen LogP contribution in [0.3, 0.4) is 0 Å². The van der Waals surface area contributed by atoms with Gasteiger partial charge in [-0.1, -0.05) is 0 Å². The monoisotopic (exact) mass is 474 g/mol. The van der Waals surface area contributed by atoms with Crippen molar-refractivity contribution in [2.24, 2.45) is 0 Å². The van der Waals surface area contributed by atoms with Gasteiger partial charge in [-0.3, -0.25) is 0 Å². The number of rotatable bonds is 4. The first kappa shape index (κ1) is 20.9. The SMILES string of the molecule is Cc1cc(C(=O)OCC(F)(F)S)cc(I)c1OC(=O)OC(C)(C)C. The van der Waals surface area contributed by atoms with E-state index in [1.165, 1.54) is 12.1 Å². The molecule has 0 aromatic heterocycles. The highest BCUT2D eigenvalue weighted by Crippen LogP contribution is 2.28. The van der Waals surface area contributed by atoms with Gasteiger partial charge in [0, 0.05) is 0 Å². The minimum atomic E-state index is -3.41. The number of alkyl halides is 2. The smallest absolute Gasteiger partial charge is 0.455 e. The molecule has 5 nitrogen and oxygen atoms in total. The molecule has 0 spiro atoms. The number of halogens is 3. The second kappa shape index (κ2) is 7.85. The molecule has 0 aliphatic rings. The predicted molar refractivity (Wildman–Crippen MR) is 95.0 cm³/mol. The van der Waals surface area contributed by atoms with E-state index in [4.69, 9.17) is 9.47 Å². The lowest BCUT2D eigenvalue weighted by Gasteiger charge is -2.19. The quantitative estimate of drug-likeness (QED) is 0.300. The summed E-state index contributed by atoms with van der Waals surface area (Å²) in [5.74, 6) is -0.700. The van der Waals surface area contributed by atoms with Crippen LogP contribution in [0, 0.1) is 10.5 Å². The molecule has 0 saturated heterocycles. The fraction of sp³-hybridized carbons (Fsp3) is 0.467. The van der Waals surface area contributed by atoms with E-state index >= 15 is 0 Å². The summed E-state index contributed by atoms with van der Waals surface area (Å²) in [6.07, 6.45) is -0.881. The van der Waals surface area contributed by atoms with Gasteiger partial charge < -0.3 is 14.2 Å².